The highest BCUT2D eigenvalue weighted by Crippen LogP contribution is 2.13. The van der Waals surface area contributed by atoms with E-state index in [2.05, 4.69) is 20.1 Å². The minimum atomic E-state index is -0.230. The van der Waals surface area contributed by atoms with Crippen molar-refractivity contribution in [2.24, 2.45) is 5.16 Å². The molecule has 0 spiro atoms. The Morgan fingerprint density at radius 2 is 2.00 bits per heavy atom. The van der Waals surface area contributed by atoms with Crippen LogP contribution in [0.4, 0.5) is 4.39 Å². The SMILES string of the molecule is C/C(=N\OCc1ccc2nonc2c1)c1ccc(F)c(C)c1. The maximum atomic E-state index is 13.2. The van der Waals surface area contributed by atoms with Gasteiger partial charge in [0.2, 0.25) is 0 Å². The van der Waals surface area contributed by atoms with Crippen LogP contribution >= 0.6 is 0 Å². The molecular formula is C16H14FN3O2. The lowest BCUT2D eigenvalue weighted by Crippen LogP contribution is -1.98. The average molecular weight is 299 g/mol. The number of rotatable bonds is 4. The van der Waals surface area contributed by atoms with E-state index in [0.717, 1.165) is 11.1 Å². The lowest BCUT2D eigenvalue weighted by molar-refractivity contribution is 0.130. The third-order valence-electron chi connectivity index (χ3n) is 3.33. The molecule has 0 N–H and O–H groups in total. The average Bonchev–Trinajstić information content (AvgIpc) is 2.97. The van der Waals surface area contributed by atoms with Gasteiger partial charge in [-0.25, -0.2) is 9.02 Å². The van der Waals surface area contributed by atoms with Crippen LogP contribution in [0.15, 0.2) is 46.2 Å². The molecule has 1 aromatic heterocycles. The fourth-order valence-corrected chi connectivity index (χ4v) is 2.04. The Morgan fingerprint density at radius 1 is 1.18 bits per heavy atom. The molecule has 6 heteroatoms. The second-order valence-electron chi connectivity index (χ2n) is 5.00. The zero-order valence-electron chi connectivity index (χ0n) is 12.2. The number of hydrogen-bond acceptors (Lipinski definition) is 5. The topological polar surface area (TPSA) is 60.5 Å². The van der Waals surface area contributed by atoms with E-state index >= 15 is 0 Å². The van der Waals surface area contributed by atoms with E-state index < -0.39 is 0 Å². The second kappa shape index (κ2) is 5.93. The van der Waals surface area contributed by atoms with Gasteiger partial charge in [0.05, 0.1) is 5.71 Å². The molecule has 0 atom stereocenters. The fraction of sp³-hybridized carbons (Fsp3) is 0.188. The number of aromatic nitrogens is 2. The first-order valence-electron chi connectivity index (χ1n) is 6.78. The van der Waals surface area contributed by atoms with Gasteiger partial charge in [-0.3, -0.25) is 0 Å². The molecule has 0 fully saturated rings. The van der Waals surface area contributed by atoms with Crippen LogP contribution in [0, 0.1) is 12.7 Å². The first-order valence-corrected chi connectivity index (χ1v) is 6.78. The summed E-state index contributed by atoms with van der Waals surface area (Å²) >= 11 is 0. The Balaban J connectivity index is 1.68. The van der Waals surface area contributed by atoms with Crippen molar-refractivity contribution < 1.29 is 13.9 Å². The summed E-state index contributed by atoms with van der Waals surface area (Å²) in [7, 11) is 0. The van der Waals surface area contributed by atoms with E-state index in [1.165, 1.54) is 6.07 Å². The van der Waals surface area contributed by atoms with Crippen molar-refractivity contribution in [3.8, 4) is 0 Å². The fourth-order valence-electron chi connectivity index (χ4n) is 2.04. The molecule has 0 bridgehead atoms. The van der Waals surface area contributed by atoms with Gasteiger partial charge < -0.3 is 4.84 Å². The van der Waals surface area contributed by atoms with E-state index in [9.17, 15) is 4.39 Å². The molecule has 22 heavy (non-hydrogen) atoms. The number of fused-ring (bicyclic) bond motifs is 1. The van der Waals surface area contributed by atoms with Gasteiger partial charge in [-0.15, -0.1) is 0 Å². The van der Waals surface area contributed by atoms with Gasteiger partial charge in [0.15, 0.2) is 0 Å². The van der Waals surface area contributed by atoms with Crippen molar-refractivity contribution >= 4 is 16.7 Å². The van der Waals surface area contributed by atoms with E-state index in [4.69, 9.17) is 4.84 Å². The highest BCUT2D eigenvalue weighted by molar-refractivity contribution is 5.98. The highest BCUT2D eigenvalue weighted by Gasteiger charge is 2.04. The lowest BCUT2D eigenvalue weighted by Gasteiger charge is -2.04. The van der Waals surface area contributed by atoms with Crippen molar-refractivity contribution in [1.29, 1.82) is 0 Å². The minimum Gasteiger partial charge on any atom is -0.391 e. The number of hydrogen-bond donors (Lipinski definition) is 0. The van der Waals surface area contributed by atoms with Crippen LogP contribution in [0.2, 0.25) is 0 Å². The summed E-state index contributed by atoms with van der Waals surface area (Å²) in [5.74, 6) is -0.230. The van der Waals surface area contributed by atoms with Crippen molar-refractivity contribution in [1.82, 2.24) is 10.3 Å². The Labute approximate surface area is 126 Å². The van der Waals surface area contributed by atoms with Gasteiger partial charge in [0.25, 0.3) is 0 Å². The molecule has 112 valence electrons. The van der Waals surface area contributed by atoms with Crippen LogP contribution in [0.25, 0.3) is 11.0 Å². The summed E-state index contributed by atoms with van der Waals surface area (Å²) in [5, 5.41) is 11.6. The van der Waals surface area contributed by atoms with E-state index in [0.29, 0.717) is 28.9 Å². The third-order valence-corrected chi connectivity index (χ3v) is 3.33. The quantitative estimate of drug-likeness (QED) is 0.545. The number of aryl methyl sites for hydroxylation is 1. The van der Waals surface area contributed by atoms with Crippen LogP contribution in [0.1, 0.15) is 23.6 Å². The van der Waals surface area contributed by atoms with E-state index in [1.807, 2.05) is 25.1 Å². The predicted molar refractivity (Wildman–Crippen MR) is 79.9 cm³/mol. The molecule has 0 aliphatic heterocycles. The summed E-state index contributed by atoms with van der Waals surface area (Å²) in [6.45, 7) is 3.84. The minimum absolute atomic E-state index is 0.230. The second-order valence-corrected chi connectivity index (χ2v) is 5.00. The molecule has 3 aromatic rings. The molecule has 2 aromatic carbocycles. The molecule has 1 heterocycles. The van der Waals surface area contributed by atoms with Crippen molar-refractivity contribution in [2.45, 2.75) is 20.5 Å². The first-order chi connectivity index (χ1) is 10.6. The molecule has 0 radical (unpaired) electrons. The Kier molecular flexibility index (Phi) is 3.82. The predicted octanol–water partition coefficient (Wildman–Crippen LogP) is 3.61. The van der Waals surface area contributed by atoms with E-state index in [-0.39, 0.29) is 5.82 Å². The van der Waals surface area contributed by atoms with Crippen molar-refractivity contribution in [2.75, 3.05) is 0 Å². The van der Waals surface area contributed by atoms with E-state index in [1.54, 1.807) is 19.1 Å². The molecule has 0 aliphatic rings. The largest absolute Gasteiger partial charge is 0.391 e. The number of halogens is 1. The molecule has 0 aliphatic carbocycles. The van der Waals surface area contributed by atoms with Crippen LogP contribution in [-0.4, -0.2) is 16.0 Å². The zero-order chi connectivity index (χ0) is 15.5. The number of nitrogens with zero attached hydrogens (tertiary/aromatic N) is 3. The smallest absolute Gasteiger partial charge is 0.142 e. The third kappa shape index (κ3) is 2.95. The van der Waals surface area contributed by atoms with Gasteiger partial charge in [-0.05, 0) is 65.1 Å². The van der Waals surface area contributed by atoms with Gasteiger partial charge in [0.1, 0.15) is 23.5 Å². The van der Waals surface area contributed by atoms with Crippen LogP contribution < -0.4 is 0 Å². The molecule has 5 nitrogen and oxygen atoms in total. The Morgan fingerprint density at radius 3 is 2.82 bits per heavy atom. The first kappa shape index (κ1) is 14.2. The Bertz CT molecular complexity index is 842. The zero-order valence-corrected chi connectivity index (χ0v) is 12.2. The number of oxime groups is 1. The molecular weight excluding hydrogens is 285 g/mol. The summed E-state index contributed by atoms with van der Waals surface area (Å²) in [6, 6.07) is 10.4. The van der Waals surface area contributed by atoms with Crippen LogP contribution in [0.5, 0.6) is 0 Å². The standard InChI is InChI=1S/C16H14FN3O2/c1-10-7-13(4-5-14(10)17)11(2)18-21-9-12-3-6-15-16(8-12)20-22-19-15/h3-8H,9H2,1-2H3/b18-11+. The molecule has 0 unspecified atom stereocenters. The molecule has 0 saturated heterocycles. The number of benzene rings is 2. The highest BCUT2D eigenvalue weighted by atomic mass is 19.1. The Hall–Kier alpha value is -2.76. The van der Waals surface area contributed by atoms with Crippen LogP contribution in [-0.2, 0) is 11.4 Å². The van der Waals surface area contributed by atoms with Gasteiger partial charge in [0, 0.05) is 0 Å². The van der Waals surface area contributed by atoms with Crippen molar-refractivity contribution in [3.63, 3.8) is 0 Å². The van der Waals surface area contributed by atoms with Crippen molar-refractivity contribution in [3.05, 3.63) is 58.9 Å². The summed E-state index contributed by atoms with van der Waals surface area (Å²) < 4.78 is 17.9. The van der Waals surface area contributed by atoms with Crippen LogP contribution in [0.3, 0.4) is 0 Å². The maximum absolute atomic E-state index is 13.2. The normalized spacial score (nSPS) is 11.9. The summed E-state index contributed by atoms with van der Waals surface area (Å²) in [4.78, 5) is 5.35. The summed E-state index contributed by atoms with van der Waals surface area (Å²) in [6.07, 6.45) is 0. The lowest BCUT2D eigenvalue weighted by atomic mass is 10.1. The summed E-state index contributed by atoms with van der Waals surface area (Å²) in [5.41, 5.74) is 4.38. The molecule has 0 amide bonds. The van der Waals surface area contributed by atoms with Gasteiger partial charge in [-0.2, -0.15) is 0 Å². The molecule has 3 rings (SSSR count). The molecule has 0 saturated carbocycles. The maximum Gasteiger partial charge on any atom is 0.142 e. The van der Waals surface area contributed by atoms with Gasteiger partial charge >= 0.3 is 0 Å². The monoisotopic (exact) mass is 299 g/mol. The van der Waals surface area contributed by atoms with Gasteiger partial charge in [-0.1, -0.05) is 17.3 Å².